The standard InChI is InChI=1S/C11H13ClN2S/c12-10-5-4-9(14)8-11(10)15-7-3-1-2-6-13/h4-5,8H,1-3,7,14H2. The summed E-state index contributed by atoms with van der Waals surface area (Å²) in [5.74, 6) is 0.977. The Bertz CT molecular complexity index is 360. The molecule has 2 N–H and O–H groups in total. The van der Waals surface area contributed by atoms with E-state index in [4.69, 9.17) is 22.6 Å². The van der Waals surface area contributed by atoms with E-state index < -0.39 is 0 Å². The topological polar surface area (TPSA) is 49.8 Å². The molecule has 1 aromatic rings. The van der Waals surface area contributed by atoms with Crippen LogP contribution in [0.3, 0.4) is 0 Å². The van der Waals surface area contributed by atoms with Crippen LogP contribution in [0.1, 0.15) is 19.3 Å². The number of nitriles is 1. The molecule has 0 atom stereocenters. The van der Waals surface area contributed by atoms with Crippen molar-refractivity contribution >= 4 is 29.1 Å². The molecule has 0 amide bonds. The number of anilines is 1. The second kappa shape index (κ2) is 6.60. The van der Waals surface area contributed by atoms with Gasteiger partial charge in [-0.15, -0.1) is 11.8 Å². The SMILES string of the molecule is N#CCCCCSc1cc(N)ccc1Cl. The molecule has 15 heavy (non-hydrogen) atoms. The Morgan fingerprint density at radius 3 is 2.93 bits per heavy atom. The molecular weight excluding hydrogens is 228 g/mol. The third kappa shape index (κ3) is 4.46. The lowest BCUT2D eigenvalue weighted by molar-refractivity contribution is 0.830. The molecule has 80 valence electrons. The van der Waals surface area contributed by atoms with Crippen molar-refractivity contribution in [2.24, 2.45) is 0 Å². The first-order valence-corrected chi connectivity index (χ1v) is 6.15. The van der Waals surface area contributed by atoms with E-state index in [2.05, 4.69) is 6.07 Å². The quantitative estimate of drug-likeness (QED) is 0.485. The Hall–Kier alpha value is -0.850. The van der Waals surface area contributed by atoms with Crippen molar-refractivity contribution in [3.8, 4) is 6.07 Å². The van der Waals surface area contributed by atoms with Crippen molar-refractivity contribution in [1.29, 1.82) is 5.26 Å². The summed E-state index contributed by atoms with van der Waals surface area (Å²) in [7, 11) is 0. The predicted molar refractivity (Wildman–Crippen MR) is 66.1 cm³/mol. The maximum Gasteiger partial charge on any atom is 0.0621 e. The molecule has 0 aliphatic heterocycles. The van der Waals surface area contributed by atoms with Gasteiger partial charge in [-0.2, -0.15) is 5.26 Å². The molecule has 0 unspecified atom stereocenters. The monoisotopic (exact) mass is 240 g/mol. The molecule has 1 rings (SSSR count). The summed E-state index contributed by atoms with van der Waals surface area (Å²) < 4.78 is 0. The van der Waals surface area contributed by atoms with Crippen LogP contribution in [0.15, 0.2) is 23.1 Å². The van der Waals surface area contributed by atoms with E-state index in [9.17, 15) is 0 Å². The molecule has 0 heterocycles. The number of nitrogens with two attached hydrogens (primary N) is 1. The van der Waals surface area contributed by atoms with Gasteiger partial charge in [0.15, 0.2) is 0 Å². The average molecular weight is 241 g/mol. The molecule has 0 fully saturated rings. The van der Waals surface area contributed by atoms with E-state index in [-0.39, 0.29) is 0 Å². The Balaban J connectivity index is 2.37. The third-order valence-corrected chi connectivity index (χ3v) is 3.48. The molecular formula is C11H13ClN2S. The van der Waals surface area contributed by atoms with Gasteiger partial charge in [0, 0.05) is 17.0 Å². The Morgan fingerprint density at radius 1 is 1.40 bits per heavy atom. The normalized spacial score (nSPS) is 9.87. The van der Waals surface area contributed by atoms with E-state index in [0.29, 0.717) is 6.42 Å². The Labute approximate surface area is 99.4 Å². The van der Waals surface area contributed by atoms with Crippen molar-refractivity contribution in [2.75, 3.05) is 11.5 Å². The highest BCUT2D eigenvalue weighted by atomic mass is 35.5. The van der Waals surface area contributed by atoms with E-state index in [1.807, 2.05) is 12.1 Å². The zero-order valence-corrected chi connectivity index (χ0v) is 9.94. The first-order chi connectivity index (χ1) is 7.24. The summed E-state index contributed by atoms with van der Waals surface area (Å²) in [6.07, 6.45) is 2.61. The summed E-state index contributed by atoms with van der Waals surface area (Å²) in [4.78, 5) is 1.02. The number of rotatable bonds is 5. The van der Waals surface area contributed by atoms with Gasteiger partial charge in [0.25, 0.3) is 0 Å². The first-order valence-electron chi connectivity index (χ1n) is 4.79. The fourth-order valence-electron chi connectivity index (χ4n) is 1.12. The molecule has 4 heteroatoms. The number of benzene rings is 1. The molecule has 2 nitrogen and oxygen atoms in total. The second-order valence-corrected chi connectivity index (χ2v) is 4.70. The molecule has 0 radical (unpaired) electrons. The predicted octanol–water partition coefficient (Wildman–Crippen LogP) is 3.71. The fourth-order valence-corrected chi connectivity index (χ4v) is 2.39. The Kier molecular flexibility index (Phi) is 5.38. The van der Waals surface area contributed by atoms with Crippen molar-refractivity contribution in [3.05, 3.63) is 23.2 Å². The average Bonchev–Trinajstić information content (AvgIpc) is 2.23. The van der Waals surface area contributed by atoms with Gasteiger partial charge < -0.3 is 5.73 Å². The Morgan fingerprint density at radius 2 is 2.20 bits per heavy atom. The molecule has 0 aromatic heterocycles. The van der Waals surface area contributed by atoms with Gasteiger partial charge in [0.2, 0.25) is 0 Å². The van der Waals surface area contributed by atoms with Crippen LogP contribution in [0.4, 0.5) is 5.69 Å². The number of unbranched alkanes of at least 4 members (excludes halogenated alkanes) is 2. The van der Waals surface area contributed by atoms with Gasteiger partial charge >= 0.3 is 0 Å². The zero-order valence-electron chi connectivity index (χ0n) is 8.37. The highest BCUT2D eigenvalue weighted by Gasteiger charge is 2.01. The van der Waals surface area contributed by atoms with Gasteiger partial charge in [-0.25, -0.2) is 0 Å². The number of hydrogen-bond donors (Lipinski definition) is 1. The van der Waals surface area contributed by atoms with Crippen LogP contribution in [-0.4, -0.2) is 5.75 Å². The lowest BCUT2D eigenvalue weighted by atomic mass is 10.3. The summed E-state index contributed by atoms with van der Waals surface area (Å²) in [5, 5.41) is 9.11. The van der Waals surface area contributed by atoms with Gasteiger partial charge in [-0.1, -0.05) is 11.6 Å². The van der Waals surface area contributed by atoms with Crippen LogP contribution >= 0.6 is 23.4 Å². The molecule has 0 spiro atoms. The summed E-state index contributed by atoms with van der Waals surface area (Å²) >= 11 is 7.70. The lowest BCUT2D eigenvalue weighted by Gasteiger charge is -2.04. The summed E-state index contributed by atoms with van der Waals surface area (Å²) in [5.41, 5.74) is 6.40. The van der Waals surface area contributed by atoms with E-state index in [0.717, 1.165) is 34.2 Å². The van der Waals surface area contributed by atoms with Gasteiger partial charge in [0.1, 0.15) is 0 Å². The molecule has 0 bridgehead atoms. The van der Waals surface area contributed by atoms with Gasteiger partial charge in [-0.05, 0) is 36.8 Å². The number of nitrogen functional groups attached to an aromatic ring is 1. The molecule has 0 aliphatic carbocycles. The molecule has 0 saturated heterocycles. The highest BCUT2D eigenvalue weighted by molar-refractivity contribution is 7.99. The smallest absolute Gasteiger partial charge is 0.0621 e. The number of halogens is 1. The largest absolute Gasteiger partial charge is 0.399 e. The summed E-state index contributed by atoms with van der Waals surface area (Å²) in [6, 6.07) is 7.63. The van der Waals surface area contributed by atoms with Crippen LogP contribution in [-0.2, 0) is 0 Å². The maximum absolute atomic E-state index is 8.37. The van der Waals surface area contributed by atoms with Crippen LogP contribution in [0.25, 0.3) is 0 Å². The minimum Gasteiger partial charge on any atom is -0.399 e. The molecule has 0 aliphatic rings. The maximum atomic E-state index is 8.37. The van der Waals surface area contributed by atoms with Crippen molar-refractivity contribution < 1.29 is 0 Å². The van der Waals surface area contributed by atoms with Crippen LogP contribution < -0.4 is 5.73 Å². The number of hydrogen-bond acceptors (Lipinski definition) is 3. The highest BCUT2D eigenvalue weighted by Crippen LogP contribution is 2.29. The minimum absolute atomic E-state index is 0.630. The summed E-state index contributed by atoms with van der Waals surface area (Å²) in [6.45, 7) is 0. The first kappa shape index (κ1) is 12.2. The van der Waals surface area contributed by atoms with Crippen LogP contribution in [0, 0.1) is 11.3 Å². The zero-order chi connectivity index (χ0) is 11.1. The van der Waals surface area contributed by atoms with Crippen molar-refractivity contribution in [1.82, 2.24) is 0 Å². The van der Waals surface area contributed by atoms with E-state index in [1.165, 1.54) is 0 Å². The second-order valence-electron chi connectivity index (χ2n) is 3.15. The lowest BCUT2D eigenvalue weighted by Crippen LogP contribution is -1.86. The minimum atomic E-state index is 0.630. The van der Waals surface area contributed by atoms with Gasteiger partial charge in [-0.3, -0.25) is 0 Å². The molecule has 1 aromatic carbocycles. The van der Waals surface area contributed by atoms with Crippen molar-refractivity contribution in [2.45, 2.75) is 24.2 Å². The van der Waals surface area contributed by atoms with E-state index in [1.54, 1.807) is 17.8 Å². The number of nitrogens with zero attached hydrogens (tertiary/aromatic N) is 1. The van der Waals surface area contributed by atoms with Crippen LogP contribution in [0.5, 0.6) is 0 Å². The van der Waals surface area contributed by atoms with E-state index >= 15 is 0 Å². The third-order valence-electron chi connectivity index (χ3n) is 1.90. The van der Waals surface area contributed by atoms with Crippen LogP contribution in [0.2, 0.25) is 5.02 Å². The number of thioether (sulfide) groups is 1. The van der Waals surface area contributed by atoms with Gasteiger partial charge in [0.05, 0.1) is 11.1 Å². The van der Waals surface area contributed by atoms with Crippen molar-refractivity contribution in [3.63, 3.8) is 0 Å². The fraction of sp³-hybridized carbons (Fsp3) is 0.364. The molecule has 0 saturated carbocycles.